The number of rotatable bonds is 8. The van der Waals surface area contributed by atoms with Crippen LogP contribution in [0, 0.1) is 5.92 Å². The zero-order chi connectivity index (χ0) is 14.3. The molecule has 0 saturated heterocycles. The first-order chi connectivity index (χ1) is 9.06. The van der Waals surface area contributed by atoms with Gasteiger partial charge in [-0.05, 0) is 50.7 Å². The van der Waals surface area contributed by atoms with E-state index in [2.05, 4.69) is 43.2 Å². The molecule has 0 fully saturated rings. The molecule has 0 bridgehead atoms. The van der Waals surface area contributed by atoms with Crippen LogP contribution in [0.25, 0.3) is 0 Å². The van der Waals surface area contributed by atoms with Crippen molar-refractivity contribution in [3.63, 3.8) is 0 Å². The molecule has 1 rings (SSSR count). The van der Waals surface area contributed by atoms with Crippen molar-refractivity contribution in [3.8, 4) is 5.75 Å². The molecule has 1 aromatic carbocycles. The summed E-state index contributed by atoms with van der Waals surface area (Å²) in [6, 6.07) is 8.68. The first kappa shape index (κ1) is 16.0. The van der Waals surface area contributed by atoms with Crippen molar-refractivity contribution in [2.75, 3.05) is 34.3 Å². The second-order valence-corrected chi connectivity index (χ2v) is 5.56. The molecule has 3 heteroatoms. The molecule has 108 valence electrons. The molecule has 1 N–H and O–H groups in total. The summed E-state index contributed by atoms with van der Waals surface area (Å²) in [4.78, 5) is 2.39. The summed E-state index contributed by atoms with van der Waals surface area (Å²) in [5.74, 6) is 1.67. The molecular weight excluding hydrogens is 236 g/mol. The number of nitrogens with one attached hydrogen (secondary N) is 1. The molecule has 0 aliphatic carbocycles. The third-order valence-electron chi connectivity index (χ3n) is 3.45. The van der Waals surface area contributed by atoms with Gasteiger partial charge in [0.2, 0.25) is 0 Å². The second-order valence-electron chi connectivity index (χ2n) is 5.56. The smallest absolute Gasteiger partial charge is 0.118 e. The van der Waals surface area contributed by atoms with Crippen LogP contribution >= 0.6 is 0 Å². The van der Waals surface area contributed by atoms with Crippen molar-refractivity contribution < 1.29 is 4.74 Å². The Morgan fingerprint density at radius 3 is 2.32 bits per heavy atom. The van der Waals surface area contributed by atoms with Crippen molar-refractivity contribution in [1.29, 1.82) is 0 Å². The molecule has 1 aromatic rings. The molecular formula is C16H28N2O. The van der Waals surface area contributed by atoms with Crippen LogP contribution in [0.2, 0.25) is 0 Å². The summed E-state index contributed by atoms with van der Waals surface area (Å²) < 4.78 is 5.20. The lowest BCUT2D eigenvalue weighted by atomic mass is 10.1. The van der Waals surface area contributed by atoms with E-state index in [0.717, 1.165) is 24.8 Å². The maximum absolute atomic E-state index is 5.20. The fourth-order valence-electron chi connectivity index (χ4n) is 2.08. The summed E-state index contributed by atoms with van der Waals surface area (Å²) in [6.45, 7) is 6.71. The number of hydrogen-bond donors (Lipinski definition) is 1. The summed E-state index contributed by atoms with van der Waals surface area (Å²) in [7, 11) is 5.91. The predicted molar refractivity (Wildman–Crippen MR) is 81.7 cm³/mol. The van der Waals surface area contributed by atoms with Gasteiger partial charge >= 0.3 is 0 Å². The number of likely N-dealkylation sites (N-methyl/N-ethyl adjacent to an activating group) is 2. The number of benzene rings is 1. The average molecular weight is 264 g/mol. The molecule has 0 amide bonds. The molecule has 0 spiro atoms. The van der Waals surface area contributed by atoms with Crippen LogP contribution < -0.4 is 10.1 Å². The quantitative estimate of drug-likeness (QED) is 0.781. The number of ether oxygens (including phenoxy) is 1. The normalized spacial score (nSPS) is 13.0. The van der Waals surface area contributed by atoms with Gasteiger partial charge < -0.3 is 15.0 Å². The lowest BCUT2D eigenvalue weighted by Gasteiger charge is -2.25. The largest absolute Gasteiger partial charge is 0.497 e. The Balaban J connectivity index is 2.56. The third kappa shape index (κ3) is 5.62. The van der Waals surface area contributed by atoms with E-state index in [1.165, 1.54) is 12.0 Å². The van der Waals surface area contributed by atoms with Crippen LogP contribution in [0.4, 0.5) is 0 Å². The average Bonchev–Trinajstić information content (AvgIpc) is 2.42. The molecule has 0 aromatic heterocycles. The fraction of sp³-hybridized carbons (Fsp3) is 0.625. The van der Waals surface area contributed by atoms with Gasteiger partial charge in [-0.3, -0.25) is 0 Å². The molecule has 1 unspecified atom stereocenters. The van der Waals surface area contributed by atoms with Crippen LogP contribution in [0.5, 0.6) is 5.75 Å². The minimum atomic E-state index is 0.364. The van der Waals surface area contributed by atoms with E-state index in [-0.39, 0.29) is 0 Å². The Labute approximate surface area is 118 Å². The minimum absolute atomic E-state index is 0.364. The minimum Gasteiger partial charge on any atom is -0.497 e. The predicted octanol–water partition coefficient (Wildman–Crippen LogP) is 2.93. The maximum Gasteiger partial charge on any atom is 0.118 e. The van der Waals surface area contributed by atoms with Gasteiger partial charge in [-0.25, -0.2) is 0 Å². The second kappa shape index (κ2) is 8.18. The van der Waals surface area contributed by atoms with Gasteiger partial charge in [0.05, 0.1) is 7.11 Å². The van der Waals surface area contributed by atoms with Gasteiger partial charge in [-0.15, -0.1) is 0 Å². The molecule has 0 aliphatic heterocycles. The van der Waals surface area contributed by atoms with Gasteiger partial charge in [0.1, 0.15) is 5.75 Å². The van der Waals surface area contributed by atoms with E-state index in [0.29, 0.717) is 6.04 Å². The molecule has 1 atom stereocenters. The van der Waals surface area contributed by atoms with Gasteiger partial charge in [0.25, 0.3) is 0 Å². The van der Waals surface area contributed by atoms with E-state index < -0.39 is 0 Å². The van der Waals surface area contributed by atoms with E-state index in [9.17, 15) is 0 Å². The highest BCUT2D eigenvalue weighted by Gasteiger charge is 2.12. The molecule has 0 aliphatic rings. The summed E-state index contributed by atoms with van der Waals surface area (Å²) in [5, 5.41) is 3.39. The topological polar surface area (TPSA) is 24.5 Å². The van der Waals surface area contributed by atoms with Crippen molar-refractivity contribution in [1.82, 2.24) is 10.2 Å². The van der Waals surface area contributed by atoms with Gasteiger partial charge in [0, 0.05) is 12.6 Å². The monoisotopic (exact) mass is 264 g/mol. The highest BCUT2D eigenvalue weighted by Crippen LogP contribution is 2.18. The summed E-state index contributed by atoms with van der Waals surface area (Å²) >= 11 is 0. The zero-order valence-corrected chi connectivity index (χ0v) is 12.9. The van der Waals surface area contributed by atoms with E-state index in [4.69, 9.17) is 4.74 Å². The lowest BCUT2D eigenvalue weighted by molar-refractivity contribution is 0.279. The number of nitrogens with zero attached hydrogens (tertiary/aromatic N) is 1. The molecule has 3 nitrogen and oxygen atoms in total. The van der Waals surface area contributed by atoms with Crippen LogP contribution in [-0.4, -0.2) is 39.2 Å². The Morgan fingerprint density at radius 1 is 1.21 bits per heavy atom. The highest BCUT2D eigenvalue weighted by atomic mass is 16.5. The zero-order valence-electron chi connectivity index (χ0n) is 12.9. The van der Waals surface area contributed by atoms with Crippen LogP contribution in [0.1, 0.15) is 31.9 Å². The Morgan fingerprint density at radius 2 is 1.84 bits per heavy atom. The molecule has 0 radical (unpaired) electrons. The van der Waals surface area contributed by atoms with Gasteiger partial charge in [-0.2, -0.15) is 0 Å². The first-order valence-electron chi connectivity index (χ1n) is 7.06. The first-order valence-corrected chi connectivity index (χ1v) is 7.06. The lowest BCUT2D eigenvalue weighted by Crippen LogP contribution is -2.32. The Kier molecular flexibility index (Phi) is 6.89. The van der Waals surface area contributed by atoms with Crippen LogP contribution in [-0.2, 0) is 0 Å². The fourth-order valence-corrected chi connectivity index (χ4v) is 2.08. The van der Waals surface area contributed by atoms with Crippen molar-refractivity contribution in [3.05, 3.63) is 29.8 Å². The summed E-state index contributed by atoms with van der Waals surface area (Å²) in [5.41, 5.74) is 1.31. The van der Waals surface area contributed by atoms with E-state index >= 15 is 0 Å². The Bertz CT molecular complexity index is 348. The molecule has 19 heavy (non-hydrogen) atoms. The van der Waals surface area contributed by atoms with Crippen molar-refractivity contribution in [2.45, 2.75) is 26.3 Å². The SMILES string of the molecule is CNC(CN(C)CCC(C)C)c1ccc(OC)cc1. The maximum atomic E-state index is 5.20. The third-order valence-corrected chi connectivity index (χ3v) is 3.45. The number of methoxy groups -OCH3 is 1. The van der Waals surface area contributed by atoms with E-state index in [1.807, 2.05) is 19.2 Å². The van der Waals surface area contributed by atoms with Gasteiger partial charge in [-0.1, -0.05) is 26.0 Å². The van der Waals surface area contributed by atoms with Crippen molar-refractivity contribution in [2.24, 2.45) is 5.92 Å². The molecule has 0 saturated carbocycles. The molecule has 0 heterocycles. The highest BCUT2D eigenvalue weighted by molar-refractivity contribution is 5.29. The van der Waals surface area contributed by atoms with Crippen LogP contribution in [0.15, 0.2) is 24.3 Å². The Hall–Kier alpha value is -1.06. The standard InChI is InChI=1S/C16H28N2O/c1-13(2)10-11-18(4)12-16(17-3)14-6-8-15(19-5)9-7-14/h6-9,13,16-17H,10-12H2,1-5H3. The summed E-state index contributed by atoms with van der Waals surface area (Å²) in [6.07, 6.45) is 1.25. The van der Waals surface area contributed by atoms with Crippen LogP contribution in [0.3, 0.4) is 0 Å². The van der Waals surface area contributed by atoms with E-state index in [1.54, 1.807) is 7.11 Å². The number of hydrogen-bond acceptors (Lipinski definition) is 3. The van der Waals surface area contributed by atoms with Gasteiger partial charge in [0.15, 0.2) is 0 Å². The van der Waals surface area contributed by atoms with Crippen molar-refractivity contribution >= 4 is 0 Å².